The molecule has 1 N–H and O–H groups in total. The monoisotopic (exact) mass is 338 g/mol. The molecule has 0 saturated carbocycles. The third-order valence-electron chi connectivity index (χ3n) is 4.66. The minimum atomic E-state index is 0.00359. The van der Waals surface area contributed by atoms with Gasteiger partial charge in [-0.1, -0.05) is 32.0 Å². The Kier molecular flexibility index (Phi) is 5.31. The van der Waals surface area contributed by atoms with E-state index in [1.165, 1.54) is 12.0 Å². The van der Waals surface area contributed by atoms with E-state index in [0.29, 0.717) is 17.6 Å². The Hall–Kier alpha value is -2.43. The summed E-state index contributed by atoms with van der Waals surface area (Å²) in [6, 6.07) is 9.88. The molecule has 1 aromatic heterocycles. The van der Waals surface area contributed by atoms with Crippen LogP contribution in [0.15, 0.2) is 30.3 Å². The number of rotatable bonds is 4. The number of carbonyl (C=O) groups is 1. The molecule has 5 nitrogen and oxygen atoms in total. The molecule has 0 spiro atoms. The van der Waals surface area contributed by atoms with Gasteiger partial charge in [0.15, 0.2) is 0 Å². The summed E-state index contributed by atoms with van der Waals surface area (Å²) in [5.74, 6) is 1.04. The molecule has 0 radical (unpaired) electrons. The molecule has 3 rings (SSSR count). The van der Waals surface area contributed by atoms with Crippen molar-refractivity contribution in [2.75, 3.05) is 18.4 Å². The van der Waals surface area contributed by atoms with Crippen molar-refractivity contribution in [3.05, 3.63) is 47.3 Å². The third-order valence-corrected chi connectivity index (χ3v) is 4.66. The smallest absolute Gasteiger partial charge is 0.272 e. The van der Waals surface area contributed by atoms with E-state index in [4.69, 9.17) is 0 Å². The highest BCUT2D eigenvalue weighted by molar-refractivity contribution is 5.92. The minimum absolute atomic E-state index is 0.00359. The number of nitrogens with zero attached hydrogens (tertiary/aromatic N) is 3. The van der Waals surface area contributed by atoms with Crippen molar-refractivity contribution in [2.45, 2.75) is 40.0 Å². The van der Waals surface area contributed by atoms with Crippen LogP contribution in [0.3, 0.4) is 0 Å². The quantitative estimate of drug-likeness (QED) is 0.916. The number of aromatic nitrogens is 2. The molecule has 1 saturated heterocycles. The van der Waals surface area contributed by atoms with Crippen LogP contribution in [-0.4, -0.2) is 33.9 Å². The van der Waals surface area contributed by atoms with Crippen LogP contribution in [0.5, 0.6) is 0 Å². The lowest BCUT2D eigenvalue weighted by Gasteiger charge is -2.30. The zero-order chi connectivity index (χ0) is 17.8. The Morgan fingerprint density at radius 1 is 1.32 bits per heavy atom. The molecule has 2 aromatic rings. The maximum atomic E-state index is 12.8. The number of amides is 1. The SMILES string of the molecule is CCc1ccccc1Nc1nc(C)cc(C(=O)N2CCCC(C)C2)n1. The summed E-state index contributed by atoms with van der Waals surface area (Å²) in [4.78, 5) is 23.7. The largest absolute Gasteiger partial charge is 0.337 e. The molecule has 1 fully saturated rings. The van der Waals surface area contributed by atoms with Crippen LogP contribution in [0.1, 0.15) is 48.4 Å². The lowest BCUT2D eigenvalue weighted by Crippen LogP contribution is -2.39. The number of piperidine rings is 1. The fraction of sp³-hybridized carbons (Fsp3) is 0.450. The second-order valence-corrected chi connectivity index (χ2v) is 6.85. The van der Waals surface area contributed by atoms with Crippen molar-refractivity contribution in [3.63, 3.8) is 0 Å². The Bertz CT molecular complexity index is 759. The molecule has 0 bridgehead atoms. The molecular formula is C20H26N4O. The van der Waals surface area contributed by atoms with Gasteiger partial charge >= 0.3 is 0 Å². The van der Waals surface area contributed by atoms with Crippen molar-refractivity contribution >= 4 is 17.5 Å². The lowest BCUT2D eigenvalue weighted by atomic mass is 10.00. The van der Waals surface area contributed by atoms with E-state index in [2.05, 4.69) is 35.2 Å². The second kappa shape index (κ2) is 7.64. The highest BCUT2D eigenvalue weighted by atomic mass is 16.2. The molecular weight excluding hydrogens is 312 g/mol. The molecule has 25 heavy (non-hydrogen) atoms. The van der Waals surface area contributed by atoms with Gasteiger partial charge < -0.3 is 10.2 Å². The van der Waals surface area contributed by atoms with Gasteiger partial charge in [0.1, 0.15) is 5.69 Å². The van der Waals surface area contributed by atoms with Crippen molar-refractivity contribution in [2.24, 2.45) is 5.92 Å². The average molecular weight is 338 g/mol. The number of carbonyl (C=O) groups excluding carboxylic acids is 1. The zero-order valence-electron chi connectivity index (χ0n) is 15.2. The number of anilines is 2. The Morgan fingerprint density at radius 3 is 2.88 bits per heavy atom. The van der Waals surface area contributed by atoms with Crippen LogP contribution in [-0.2, 0) is 6.42 Å². The summed E-state index contributed by atoms with van der Waals surface area (Å²) in [5, 5.41) is 3.28. The minimum Gasteiger partial charge on any atom is -0.337 e. The fourth-order valence-electron chi connectivity index (χ4n) is 3.34. The summed E-state index contributed by atoms with van der Waals surface area (Å²) in [5.41, 5.74) is 3.45. The van der Waals surface area contributed by atoms with Crippen LogP contribution >= 0.6 is 0 Å². The van der Waals surface area contributed by atoms with E-state index in [-0.39, 0.29) is 5.91 Å². The van der Waals surface area contributed by atoms with E-state index in [1.807, 2.05) is 30.0 Å². The molecule has 5 heteroatoms. The Labute approximate surface area is 149 Å². The van der Waals surface area contributed by atoms with E-state index < -0.39 is 0 Å². The average Bonchev–Trinajstić information content (AvgIpc) is 2.61. The molecule has 1 amide bonds. The topological polar surface area (TPSA) is 58.1 Å². The maximum absolute atomic E-state index is 12.8. The number of likely N-dealkylation sites (tertiary alicyclic amines) is 1. The number of hydrogen-bond donors (Lipinski definition) is 1. The Balaban J connectivity index is 1.84. The number of hydrogen-bond acceptors (Lipinski definition) is 4. The summed E-state index contributed by atoms with van der Waals surface area (Å²) in [6.45, 7) is 7.83. The first-order chi connectivity index (χ1) is 12.1. The van der Waals surface area contributed by atoms with Crippen molar-refractivity contribution in [1.82, 2.24) is 14.9 Å². The number of nitrogens with one attached hydrogen (secondary N) is 1. The predicted molar refractivity (Wildman–Crippen MR) is 100 cm³/mol. The standard InChI is InChI=1S/C20H26N4O/c1-4-16-9-5-6-10-17(16)22-20-21-15(3)12-18(23-20)19(25)24-11-7-8-14(2)13-24/h5-6,9-10,12,14H,4,7-8,11,13H2,1-3H3,(H,21,22,23). The molecule has 0 aliphatic carbocycles. The summed E-state index contributed by atoms with van der Waals surface area (Å²) >= 11 is 0. The highest BCUT2D eigenvalue weighted by Gasteiger charge is 2.23. The van der Waals surface area contributed by atoms with E-state index in [9.17, 15) is 4.79 Å². The first kappa shape index (κ1) is 17.4. The van der Waals surface area contributed by atoms with Crippen molar-refractivity contribution in [3.8, 4) is 0 Å². The summed E-state index contributed by atoms with van der Waals surface area (Å²) in [6.07, 6.45) is 3.17. The van der Waals surface area contributed by atoms with Gasteiger partial charge in [-0.25, -0.2) is 9.97 Å². The van der Waals surface area contributed by atoms with Crippen LogP contribution in [0.25, 0.3) is 0 Å². The van der Waals surface area contributed by atoms with Crippen molar-refractivity contribution in [1.29, 1.82) is 0 Å². The van der Waals surface area contributed by atoms with Crippen LogP contribution in [0.4, 0.5) is 11.6 Å². The molecule has 1 aliphatic heterocycles. The van der Waals surface area contributed by atoms with E-state index >= 15 is 0 Å². The van der Waals surface area contributed by atoms with Gasteiger partial charge in [0, 0.05) is 24.5 Å². The molecule has 1 unspecified atom stereocenters. The van der Waals surface area contributed by atoms with Crippen LogP contribution < -0.4 is 5.32 Å². The van der Waals surface area contributed by atoms with Gasteiger partial charge in [0.2, 0.25) is 5.95 Å². The van der Waals surface area contributed by atoms with E-state index in [0.717, 1.165) is 37.3 Å². The molecule has 1 aromatic carbocycles. The van der Waals surface area contributed by atoms with Gasteiger partial charge in [-0.2, -0.15) is 0 Å². The first-order valence-corrected chi connectivity index (χ1v) is 9.06. The number of aryl methyl sites for hydroxylation is 2. The highest BCUT2D eigenvalue weighted by Crippen LogP contribution is 2.21. The molecule has 1 atom stereocenters. The van der Waals surface area contributed by atoms with Gasteiger partial charge in [-0.15, -0.1) is 0 Å². The van der Waals surface area contributed by atoms with Gasteiger partial charge in [-0.05, 0) is 49.8 Å². The van der Waals surface area contributed by atoms with Gasteiger partial charge in [-0.3, -0.25) is 4.79 Å². The van der Waals surface area contributed by atoms with Crippen LogP contribution in [0.2, 0.25) is 0 Å². The zero-order valence-corrected chi connectivity index (χ0v) is 15.2. The van der Waals surface area contributed by atoms with Gasteiger partial charge in [0.05, 0.1) is 0 Å². The summed E-state index contributed by atoms with van der Waals surface area (Å²) in [7, 11) is 0. The van der Waals surface area contributed by atoms with E-state index in [1.54, 1.807) is 6.07 Å². The van der Waals surface area contributed by atoms with Crippen LogP contribution in [0, 0.1) is 12.8 Å². The van der Waals surface area contributed by atoms with Gasteiger partial charge in [0.25, 0.3) is 5.91 Å². The Morgan fingerprint density at radius 2 is 2.12 bits per heavy atom. The first-order valence-electron chi connectivity index (χ1n) is 9.06. The number of benzene rings is 1. The molecule has 1 aliphatic rings. The van der Waals surface area contributed by atoms with Crippen molar-refractivity contribution < 1.29 is 4.79 Å². The lowest BCUT2D eigenvalue weighted by molar-refractivity contribution is 0.0677. The fourth-order valence-corrected chi connectivity index (χ4v) is 3.34. The predicted octanol–water partition coefficient (Wildman–Crippen LogP) is 3.96. The summed E-state index contributed by atoms with van der Waals surface area (Å²) < 4.78 is 0. The molecule has 2 heterocycles. The maximum Gasteiger partial charge on any atom is 0.272 e. The third kappa shape index (κ3) is 4.16. The molecule has 132 valence electrons. The normalized spacial score (nSPS) is 17.4. The number of para-hydroxylation sites is 1. The second-order valence-electron chi connectivity index (χ2n) is 6.85.